The third-order valence-electron chi connectivity index (χ3n) is 4.97. The molecule has 1 N–H and O–H groups in total. The summed E-state index contributed by atoms with van der Waals surface area (Å²) in [6, 6.07) is 15.4. The highest BCUT2D eigenvalue weighted by Gasteiger charge is 2.15. The van der Waals surface area contributed by atoms with E-state index in [9.17, 15) is 14.0 Å². The van der Waals surface area contributed by atoms with Crippen molar-refractivity contribution in [1.82, 2.24) is 24.6 Å². The normalized spacial score (nSPS) is 11.9. The second-order valence-electron chi connectivity index (χ2n) is 7.24. The molecule has 0 fully saturated rings. The Kier molecular flexibility index (Phi) is 6.25. The molecule has 0 saturated heterocycles. The molecular formula is C23H22FN5O3. The zero-order chi connectivity index (χ0) is 22.5. The summed E-state index contributed by atoms with van der Waals surface area (Å²) in [4.78, 5) is 29.4. The van der Waals surface area contributed by atoms with Crippen LogP contribution in [0.3, 0.4) is 0 Å². The summed E-state index contributed by atoms with van der Waals surface area (Å²) in [6.07, 6.45) is 2.16. The van der Waals surface area contributed by atoms with Gasteiger partial charge in [-0.05, 0) is 25.1 Å². The number of ether oxygens (including phenoxy) is 1. The molecule has 0 spiro atoms. The molecule has 32 heavy (non-hydrogen) atoms. The van der Waals surface area contributed by atoms with Crippen molar-refractivity contribution in [3.63, 3.8) is 0 Å². The van der Waals surface area contributed by atoms with Crippen LogP contribution < -0.4 is 15.6 Å². The molecule has 4 aromatic rings. The zero-order valence-electron chi connectivity index (χ0n) is 17.4. The van der Waals surface area contributed by atoms with Crippen LogP contribution in [0.1, 0.15) is 12.5 Å². The molecule has 0 saturated carbocycles. The highest BCUT2D eigenvalue weighted by Crippen LogP contribution is 2.11. The van der Waals surface area contributed by atoms with E-state index in [1.807, 2.05) is 18.2 Å². The molecule has 2 aromatic carbocycles. The highest BCUT2D eigenvalue weighted by molar-refractivity contribution is 5.80. The van der Waals surface area contributed by atoms with Gasteiger partial charge < -0.3 is 10.1 Å². The average Bonchev–Trinajstić information content (AvgIpc) is 3.21. The molecule has 0 aliphatic carbocycles. The number of hydrogen-bond acceptors (Lipinski definition) is 5. The van der Waals surface area contributed by atoms with Gasteiger partial charge in [-0.1, -0.05) is 36.4 Å². The number of amides is 1. The Morgan fingerprint density at radius 2 is 1.91 bits per heavy atom. The van der Waals surface area contributed by atoms with E-state index in [2.05, 4.69) is 15.4 Å². The van der Waals surface area contributed by atoms with E-state index in [0.717, 1.165) is 0 Å². The van der Waals surface area contributed by atoms with Gasteiger partial charge in [0, 0.05) is 12.1 Å². The van der Waals surface area contributed by atoms with Crippen LogP contribution in [0.15, 0.2) is 71.9 Å². The molecule has 2 aromatic heterocycles. The second-order valence-corrected chi connectivity index (χ2v) is 7.24. The van der Waals surface area contributed by atoms with Crippen LogP contribution in [0.2, 0.25) is 0 Å². The lowest BCUT2D eigenvalue weighted by molar-refractivity contribution is -0.127. The number of nitrogens with one attached hydrogen (secondary N) is 1. The fraction of sp³-hybridized carbons (Fsp3) is 0.217. The molecule has 0 radical (unpaired) electrons. The standard InChI is InChI=1S/C23H22FN5O3/c1-16(32-18-8-3-2-4-9-18)22(30)25-11-12-29-21-19(13-27-29)23(31)28(15-26-21)14-17-7-5-6-10-20(17)24/h2-10,13,15-16H,11-12,14H2,1H3,(H,25,30)/t16-/m1/s1. The number of carbonyl (C=O) groups excluding carboxylic acids is 1. The highest BCUT2D eigenvalue weighted by atomic mass is 19.1. The molecule has 0 aliphatic heterocycles. The van der Waals surface area contributed by atoms with Crippen molar-refractivity contribution >= 4 is 16.9 Å². The number of rotatable bonds is 8. The fourth-order valence-corrected chi connectivity index (χ4v) is 3.27. The van der Waals surface area contributed by atoms with Crippen LogP contribution in [-0.4, -0.2) is 37.9 Å². The maximum atomic E-state index is 13.9. The minimum absolute atomic E-state index is 0.0784. The number of aromatic nitrogens is 4. The number of para-hydroxylation sites is 1. The first-order valence-electron chi connectivity index (χ1n) is 10.2. The topological polar surface area (TPSA) is 91.0 Å². The summed E-state index contributed by atoms with van der Waals surface area (Å²) in [7, 11) is 0. The van der Waals surface area contributed by atoms with E-state index in [-0.39, 0.29) is 30.4 Å². The molecule has 1 amide bonds. The second kappa shape index (κ2) is 9.42. The van der Waals surface area contributed by atoms with Crippen molar-refractivity contribution < 1.29 is 13.9 Å². The maximum absolute atomic E-state index is 13.9. The Morgan fingerprint density at radius 1 is 1.16 bits per heavy atom. The summed E-state index contributed by atoms with van der Waals surface area (Å²) in [5.74, 6) is -0.0222. The molecule has 0 bridgehead atoms. The summed E-state index contributed by atoms with van der Waals surface area (Å²) in [6.45, 7) is 2.37. The number of hydrogen-bond donors (Lipinski definition) is 1. The minimum atomic E-state index is -0.657. The van der Waals surface area contributed by atoms with E-state index < -0.39 is 6.10 Å². The van der Waals surface area contributed by atoms with E-state index >= 15 is 0 Å². The van der Waals surface area contributed by atoms with Crippen LogP contribution in [0.4, 0.5) is 4.39 Å². The molecular weight excluding hydrogens is 413 g/mol. The molecule has 2 heterocycles. The van der Waals surface area contributed by atoms with E-state index in [1.54, 1.807) is 41.9 Å². The smallest absolute Gasteiger partial charge is 0.264 e. The third kappa shape index (κ3) is 4.66. The quantitative estimate of drug-likeness (QED) is 0.459. The van der Waals surface area contributed by atoms with Crippen molar-refractivity contribution in [2.75, 3.05) is 6.54 Å². The number of carbonyl (C=O) groups is 1. The van der Waals surface area contributed by atoms with Crippen molar-refractivity contribution in [2.24, 2.45) is 0 Å². The molecule has 164 valence electrons. The largest absolute Gasteiger partial charge is 0.481 e. The summed E-state index contributed by atoms with van der Waals surface area (Å²) in [5, 5.41) is 7.34. The van der Waals surface area contributed by atoms with Gasteiger partial charge in [-0.15, -0.1) is 0 Å². The fourth-order valence-electron chi connectivity index (χ4n) is 3.27. The molecule has 8 nitrogen and oxygen atoms in total. The Balaban J connectivity index is 1.39. The first-order chi connectivity index (χ1) is 15.5. The van der Waals surface area contributed by atoms with Gasteiger partial charge in [-0.2, -0.15) is 5.10 Å². The molecule has 0 aliphatic rings. The first-order valence-corrected chi connectivity index (χ1v) is 10.2. The summed E-state index contributed by atoms with van der Waals surface area (Å²) < 4.78 is 22.4. The van der Waals surface area contributed by atoms with E-state index in [1.165, 1.54) is 23.2 Å². The molecule has 0 unspecified atom stereocenters. The van der Waals surface area contributed by atoms with Crippen molar-refractivity contribution in [3.05, 3.63) is 88.9 Å². The maximum Gasteiger partial charge on any atom is 0.264 e. The zero-order valence-corrected chi connectivity index (χ0v) is 17.4. The summed E-state index contributed by atoms with van der Waals surface area (Å²) >= 11 is 0. The predicted octanol–water partition coefficient (Wildman–Crippen LogP) is 2.36. The van der Waals surface area contributed by atoms with Crippen LogP contribution in [0.5, 0.6) is 5.75 Å². The van der Waals surface area contributed by atoms with Gasteiger partial charge in [0.05, 0.1) is 19.3 Å². The Labute approximate surface area is 183 Å². The number of nitrogens with zero attached hydrogens (tertiary/aromatic N) is 4. The Morgan fingerprint density at radius 3 is 2.69 bits per heavy atom. The Bertz CT molecular complexity index is 1290. The number of benzene rings is 2. The number of fused-ring (bicyclic) bond motifs is 1. The van der Waals surface area contributed by atoms with Crippen molar-refractivity contribution in [1.29, 1.82) is 0 Å². The summed E-state index contributed by atoms with van der Waals surface area (Å²) in [5.41, 5.74) is 0.499. The van der Waals surface area contributed by atoms with Gasteiger partial charge >= 0.3 is 0 Å². The third-order valence-corrected chi connectivity index (χ3v) is 4.97. The van der Waals surface area contributed by atoms with Gasteiger partial charge in [0.25, 0.3) is 11.5 Å². The molecule has 1 atom stereocenters. The van der Waals surface area contributed by atoms with Gasteiger partial charge in [0.15, 0.2) is 11.8 Å². The van der Waals surface area contributed by atoms with Crippen LogP contribution in [-0.2, 0) is 17.9 Å². The Hall–Kier alpha value is -4.01. The number of halogens is 1. The lowest BCUT2D eigenvalue weighted by atomic mass is 10.2. The van der Waals surface area contributed by atoms with Crippen molar-refractivity contribution in [2.45, 2.75) is 26.1 Å². The van der Waals surface area contributed by atoms with Crippen molar-refractivity contribution in [3.8, 4) is 5.75 Å². The van der Waals surface area contributed by atoms with Crippen LogP contribution >= 0.6 is 0 Å². The molecule has 9 heteroatoms. The first kappa shape index (κ1) is 21.2. The lowest BCUT2D eigenvalue weighted by Crippen LogP contribution is -2.38. The van der Waals surface area contributed by atoms with E-state index in [0.29, 0.717) is 28.9 Å². The van der Waals surface area contributed by atoms with Gasteiger partial charge in [0.2, 0.25) is 0 Å². The van der Waals surface area contributed by atoms with E-state index in [4.69, 9.17) is 4.74 Å². The lowest BCUT2D eigenvalue weighted by Gasteiger charge is -2.14. The SMILES string of the molecule is C[C@@H](Oc1ccccc1)C(=O)NCCn1ncc2c(=O)n(Cc3ccccc3F)cnc21. The molecule has 4 rings (SSSR count). The van der Waals surface area contributed by atoms with Crippen LogP contribution in [0, 0.1) is 5.82 Å². The van der Waals surface area contributed by atoms with Gasteiger partial charge in [0.1, 0.15) is 23.3 Å². The average molecular weight is 435 g/mol. The van der Waals surface area contributed by atoms with Crippen LogP contribution in [0.25, 0.3) is 11.0 Å². The predicted molar refractivity (Wildman–Crippen MR) is 117 cm³/mol. The van der Waals surface area contributed by atoms with Gasteiger partial charge in [-0.3, -0.25) is 14.2 Å². The van der Waals surface area contributed by atoms with Gasteiger partial charge in [-0.25, -0.2) is 14.1 Å². The monoisotopic (exact) mass is 435 g/mol. The minimum Gasteiger partial charge on any atom is -0.481 e.